The summed E-state index contributed by atoms with van der Waals surface area (Å²) in [6.07, 6.45) is 6.89. The van der Waals surface area contributed by atoms with Gasteiger partial charge in [-0.15, -0.1) is 0 Å². The minimum atomic E-state index is 0.139. The molecule has 0 spiro atoms. The number of piperidine rings is 1. The van der Waals surface area contributed by atoms with Crippen molar-refractivity contribution < 1.29 is 4.79 Å². The third-order valence-electron chi connectivity index (χ3n) is 4.89. The lowest BCUT2D eigenvalue weighted by Crippen LogP contribution is -2.46. The number of hydrogen-bond donors (Lipinski definition) is 2. The third kappa shape index (κ3) is 2.75. The number of nitrogens with two attached hydrogens (primary N) is 1. The van der Waals surface area contributed by atoms with Crippen LogP contribution in [0.2, 0.25) is 0 Å². The lowest BCUT2D eigenvalue weighted by Gasteiger charge is -2.38. The highest BCUT2D eigenvalue weighted by Gasteiger charge is 2.37. The van der Waals surface area contributed by atoms with Crippen molar-refractivity contribution in [1.29, 1.82) is 0 Å². The number of nitrogens with zero attached hydrogens (tertiary/aromatic N) is 2. The predicted octanol–water partition coefficient (Wildman–Crippen LogP) is 2.33. The Morgan fingerprint density at radius 1 is 1.38 bits per heavy atom. The number of fused-ring (bicyclic) bond motifs is 1. The van der Waals surface area contributed by atoms with Gasteiger partial charge in [-0.2, -0.15) is 0 Å². The van der Waals surface area contributed by atoms with E-state index in [2.05, 4.69) is 15.3 Å². The average molecular weight is 288 g/mol. The topological polar surface area (TPSA) is 71.2 Å². The van der Waals surface area contributed by atoms with Crippen molar-refractivity contribution in [2.45, 2.75) is 51.5 Å². The van der Waals surface area contributed by atoms with Crippen LogP contribution in [0.4, 0.5) is 5.82 Å². The van der Waals surface area contributed by atoms with Crippen LogP contribution >= 0.6 is 0 Å². The first-order chi connectivity index (χ1) is 10.2. The minimum absolute atomic E-state index is 0.139. The van der Waals surface area contributed by atoms with E-state index in [-0.39, 0.29) is 5.91 Å². The number of pyridine rings is 1. The van der Waals surface area contributed by atoms with Crippen LogP contribution in [0.3, 0.4) is 0 Å². The van der Waals surface area contributed by atoms with Crippen LogP contribution in [0.5, 0.6) is 0 Å². The summed E-state index contributed by atoms with van der Waals surface area (Å²) in [7, 11) is 0. The van der Waals surface area contributed by atoms with Gasteiger partial charge in [-0.3, -0.25) is 4.79 Å². The maximum absolute atomic E-state index is 12.9. The number of aromatic nitrogens is 1. The van der Waals surface area contributed by atoms with E-state index in [1.165, 1.54) is 19.3 Å². The van der Waals surface area contributed by atoms with E-state index in [9.17, 15) is 4.79 Å². The molecule has 114 valence electrons. The summed E-state index contributed by atoms with van der Waals surface area (Å²) < 4.78 is 0. The van der Waals surface area contributed by atoms with Crippen molar-refractivity contribution in [2.24, 2.45) is 11.8 Å². The van der Waals surface area contributed by atoms with E-state index < -0.39 is 0 Å². The van der Waals surface area contributed by atoms with Gasteiger partial charge in [0.05, 0.1) is 0 Å². The Hall–Kier alpha value is -1.62. The van der Waals surface area contributed by atoms with Gasteiger partial charge in [0.2, 0.25) is 0 Å². The van der Waals surface area contributed by atoms with E-state index in [1.807, 2.05) is 13.0 Å². The van der Waals surface area contributed by atoms with Gasteiger partial charge in [0.15, 0.2) is 0 Å². The quantitative estimate of drug-likeness (QED) is 0.661. The molecule has 1 aliphatic heterocycles. The molecule has 1 amide bonds. The van der Waals surface area contributed by atoms with Crippen LogP contribution in [0, 0.1) is 5.92 Å². The van der Waals surface area contributed by atoms with Crippen LogP contribution in [-0.2, 0) is 6.42 Å². The molecule has 2 unspecified atom stereocenters. The number of hydrazine groups is 1. The van der Waals surface area contributed by atoms with Crippen molar-refractivity contribution in [3.63, 3.8) is 0 Å². The molecule has 0 bridgehead atoms. The molecule has 1 aromatic rings. The predicted molar refractivity (Wildman–Crippen MR) is 82.8 cm³/mol. The maximum atomic E-state index is 12.9. The number of carbonyl (C=O) groups is 1. The van der Waals surface area contributed by atoms with Crippen LogP contribution < -0.4 is 11.3 Å². The Kier molecular flexibility index (Phi) is 4.10. The van der Waals surface area contributed by atoms with E-state index in [1.54, 1.807) is 6.07 Å². The lowest BCUT2D eigenvalue weighted by atomic mass is 9.91. The smallest absolute Gasteiger partial charge is 0.254 e. The Morgan fingerprint density at radius 2 is 2.19 bits per heavy atom. The first-order valence-corrected chi connectivity index (χ1v) is 8.01. The van der Waals surface area contributed by atoms with Gasteiger partial charge >= 0.3 is 0 Å². The van der Waals surface area contributed by atoms with Crippen molar-refractivity contribution in [2.75, 3.05) is 12.0 Å². The number of likely N-dealkylation sites (tertiary alicyclic amines) is 1. The summed E-state index contributed by atoms with van der Waals surface area (Å²) >= 11 is 0. The highest BCUT2D eigenvalue weighted by Crippen LogP contribution is 2.37. The number of rotatable bonds is 3. The summed E-state index contributed by atoms with van der Waals surface area (Å²) in [5.74, 6) is 6.89. The molecule has 3 N–H and O–H groups in total. The zero-order chi connectivity index (χ0) is 14.8. The third-order valence-corrected chi connectivity index (χ3v) is 4.89. The van der Waals surface area contributed by atoms with E-state index in [0.29, 0.717) is 23.3 Å². The number of nitrogen functional groups attached to an aromatic ring is 1. The monoisotopic (exact) mass is 288 g/mol. The van der Waals surface area contributed by atoms with Crippen molar-refractivity contribution in [3.05, 3.63) is 23.4 Å². The number of carbonyl (C=O) groups excluding carboxylic acids is 1. The van der Waals surface area contributed by atoms with Gasteiger partial charge < -0.3 is 10.3 Å². The Morgan fingerprint density at radius 3 is 2.95 bits per heavy atom. The van der Waals surface area contributed by atoms with Gasteiger partial charge in [-0.25, -0.2) is 10.8 Å². The molecular weight excluding hydrogens is 264 g/mol. The Balaban J connectivity index is 1.87. The molecule has 0 aromatic carbocycles. The second-order valence-corrected chi connectivity index (χ2v) is 6.13. The number of amides is 1. The molecule has 21 heavy (non-hydrogen) atoms. The zero-order valence-electron chi connectivity index (χ0n) is 12.6. The normalized spacial score (nSPS) is 24.8. The summed E-state index contributed by atoms with van der Waals surface area (Å²) in [5, 5.41) is 0. The molecule has 5 nitrogen and oxygen atoms in total. The second-order valence-electron chi connectivity index (χ2n) is 6.13. The molecule has 5 heteroatoms. The van der Waals surface area contributed by atoms with Gasteiger partial charge in [-0.05, 0) is 50.2 Å². The molecule has 1 saturated heterocycles. The van der Waals surface area contributed by atoms with Crippen LogP contribution in [0.15, 0.2) is 12.1 Å². The molecule has 1 aliphatic carbocycles. The molecule has 1 saturated carbocycles. The molecule has 1 aromatic heterocycles. The SMILES string of the molecule is CCc1cc(C(=O)N2CCCC3CCCC32)cc(NN)n1. The van der Waals surface area contributed by atoms with E-state index >= 15 is 0 Å². The van der Waals surface area contributed by atoms with Crippen LogP contribution in [0.1, 0.15) is 55.1 Å². The number of aryl methyl sites for hydroxylation is 1. The summed E-state index contributed by atoms with van der Waals surface area (Å²) in [6.45, 7) is 2.92. The van der Waals surface area contributed by atoms with Crippen LogP contribution in [0.25, 0.3) is 0 Å². The molecular formula is C16H24N4O. The van der Waals surface area contributed by atoms with Crippen molar-refractivity contribution in [1.82, 2.24) is 9.88 Å². The molecule has 3 rings (SSSR count). The van der Waals surface area contributed by atoms with Crippen molar-refractivity contribution in [3.8, 4) is 0 Å². The Labute approximate surface area is 125 Å². The van der Waals surface area contributed by atoms with Gasteiger partial charge in [-0.1, -0.05) is 13.3 Å². The molecule has 0 radical (unpaired) electrons. The largest absolute Gasteiger partial charge is 0.335 e. The fourth-order valence-electron chi connectivity index (χ4n) is 3.84. The fraction of sp³-hybridized carbons (Fsp3) is 0.625. The average Bonchev–Trinajstić information content (AvgIpc) is 3.02. The second kappa shape index (κ2) is 6.02. The summed E-state index contributed by atoms with van der Waals surface area (Å²) in [5.41, 5.74) is 4.17. The highest BCUT2D eigenvalue weighted by molar-refractivity contribution is 5.95. The van der Waals surface area contributed by atoms with Gasteiger partial charge in [0.1, 0.15) is 5.82 Å². The van der Waals surface area contributed by atoms with Crippen molar-refractivity contribution >= 4 is 11.7 Å². The summed E-state index contributed by atoms with van der Waals surface area (Å²) in [6, 6.07) is 4.11. The summed E-state index contributed by atoms with van der Waals surface area (Å²) in [4.78, 5) is 19.4. The molecule has 2 atom stereocenters. The lowest BCUT2D eigenvalue weighted by molar-refractivity contribution is 0.0548. The zero-order valence-corrected chi connectivity index (χ0v) is 12.6. The minimum Gasteiger partial charge on any atom is -0.335 e. The highest BCUT2D eigenvalue weighted by atomic mass is 16.2. The number of nitrogens with one attached hydrogen (secondary N) is 1. The fourth-order valence-corrected chi connectivity index (χ4v) is 3.84. The first kappa shape index (κ1) is 14.3. The van der Waals surface area contributed by atoms with Crippen LogP contribution in [-0.4, -0.2) is 28.4 Å². The first-order valence-electron chi connectivity index (χ1n) is 8.01. The van der Waals surface area contributed by atoms with Gasteiger partial charge in [0.25, 0.3) is 5.91 Å². The molecule has 2 heterocycles. The standard InChI is InChI=1S/C16H24N4O/c1-2-13-9-12(10-15(18-13)19-17)16(21)20-8-4-6-11-5-3-7-14(11)20/h9-11,14H,2-8,17H2,1H3,(H,18,19). The molecule has 2 aliphatic rings. The molecule has 2 fully saturated rings. The number of hydrogen-bond acceptors (Lipinski definition) is 4. The number of anilines is 1. The Bertz CT molecular complexity index is 509. The van der Waals surface area contributed by atoms with E-state index in [0.717, 1.165) is 31.5 Å². The van der Waals surface area contributed by atoms with Gasteiger partial charge in [0, 0.05) is 23.8 Å². The maximum Gasteiger partial charge on any atom is 0.254 e. The van der Waals surface area contributed by atoms with E-state index in [4.69, 9.17) is 5.84 Å².